The molecule has 4 aromatic rings. The first-order valence-electron chi connectivity index (χ1n) is 11.1. The van der Waals surface area contributed by atoms with Gasteiger partial charge in [-0.2, -0.15) is 0 Å². The molecule has 3 aromatic heterocycles. The van der Waals surface area contributed by atoms with Gasteiger partial charge in [-0.1, -0.05) is 29.3 Å². The lowest BCUT2D eigenvalue weighted by molar-refractivity contribution is 0.0943. The number of anilines is 2. The molecule has 0 bridgehead atoms. The molecule has 5 rings (SSSR count). The van der Waals surface area contributed by atoms with E-state index in [1.54, 1.807) is 36.7 Å². The van der Waals surface area contributed by atoms with Crippen LogP contribution in [-0.2, 0) is 6.54 Å². The maximum absolute atomic E-state index is 13.1. The van der Waals surface area contributed by atoms with Crippen LogP contribution in [0.2, 0.25) is 10.0 Å². The van der Waals surface area contributed by atoms with E-state index in [0.717, 1.165) is 24.5 Å². The van der Waals surface area contributed by atoms with Crippen LogP contribution in [0.25, 0.3) is 10.9 Å². The molecule has 0 unspecified atom stereocenters. The molecule has 4 heterocycles. The smallest absolute Gasteiger partial charge is 0.274 e. The van der Waals surface area contributed by atoms with Crippen molar-refractivity contribution in [2.75, 3.05) is 36.0 Å². The van der Waals surface area contributed by atoms with Crippen LogP contribution in [0.1, 0.15) is 16.1 Å². The Morgan fingerprint density at radius 1 is 0.943 bits per heavy atom. The Morgan fingerprint density at radius 3 is 2.37 bits per heavy atom. The van der Waals surface area contributed by atoms with Gasteiger partial charge in [-0.15, -0.1) is 0 Å². The highest BCUT2D eigenvalue weighted by atomic mass is 35.5. The predicted molar refractivity (Wildman–Crippen MR) is 137 cm³/mol. The Balaban J connectivity index is 1.41. The number of hydrogen-bond acceptors (Lipinski definition) is 7. The van der Waals surface area contributed by atoms with Crippen molar-refractivity contribution in [3.05, 3.63) is 82.2 Å². The molecule has 2 N–H and O–H groups in total. The van der Waals surface area contributed by atoms with Crippen LogP contribution in [0.4, 0.5) is 11.6 Å². The first-order valence-corrected chi connectivity index (χ1v) is 11.9. The van der Waals surface area contributed by atoms with Gasteiger partial charge < -0.3 is 20.2 Å². The summed E-state index contributed by atoms with van der Waals surface area (Å²) in [6.07, 6.45) is 3.37. The number of nitrogens with one attached hydrogen (secondary N) is 1. The Hall–Kier alpha value is -3.62. The van der Waals surface area contributed by atoms with E-state index in [0.29, 0.717) is 39.9 Å². The Kier molecular flexibility index (Phi) is 6.57. The third kappa shape index (κ3) is 4.94. The molecule has 10 heteroatoms. The van der Waals surface area contributed by atoms with Crippen molar-refractivity contribution in [3.63, 3.8) is 0 Å². The monoisotopic (exact) mass is 508 g/mol. The summed E-state index contributed by atoms with van der Waals surface area (Å²) < 4.78 is 0. The van der Waals surface area contributed by atoms with Crippen molar-refractivity contribution < 1.29 is 9.90 Å². The van der Waals surface area contributed by atoms with Gasteiger partial charge in [-0.05, 0) is 48.0 Å². The number of carbonyl (C=O) groups excluding carboxylic acids is 1. The normalized spacial score (nSPS) is 13.8. The third-order valence-corrected chi connectivity index (χ3v) is 6.29. The summed E-state index contributed by atoms with van der Waals surface area (Å²) in [6, 6.07) is 14.6. The molecule has 0 radical (unpaired) electrons. The highest BCUT2D eigenvalue weighted by molar-refractivity contribution is 6.34. The third-order valence-electron chi connectivity index (χ3n) is 5.86. The van der Waals surface area contributed by atoms with Crippen molar-refractivity contribution in [2.24, 2.45) is 0 Å². The van der Waals surface area contributed by atoms with E-state index in [-0.39, 0.29) is 18.0 Å². The highest BCUT2D eigenvalue weighted by Crippen LogP contribution is 2.33. The largest absolute Gasteiger partial charge is 0.504 e. The van der Waals surface area contributed by atoms with Crippen LogP contribution in [0.15, 0.2) is 60.9 Å². The Bertz CT molecular complexity index is 1360. The van der Waals surface area contributed by atoms with Gasteiger partial charge in [-0.25, -0.2) is 9.97 Å². The van der Waals surface area contributed by atoms with Gasteiger partial charge in [0.2, 0.25) is 0 Å². The molecule has 1 aromatic carbocycles. The minimum absolute atomic E-state index is 0.0773. The summed E-state index contributed by atoms with van der Waals surface area (Å²) in [7, 11) is 0. The number of carbonyl (C=O) groups is 1. The number of halogens is 2. The molecule has 178 valence electrons. The fraction of sp³-hybridized carbons (Fsp3) is 0.200. The van der Waals surface area contributed by atoms with Gasteiger partial charge in [0.25, 0.3) is 5.91 Å². The van der Waals surface area contributed by atoms with Crippen LogP contribution < -0.4 is 15.1 Å². The fourth-order valence-corrected chi connectivity index (χ4v) is 4.74. The number of rotatable bonds is 5. The molecule has 1 saturated heterocycles. The topological polar surface area (TPSA) is 94.5 Å². The lowest BCUT2D eigenvalue weighted by Gasteiger charge is -2.36. The van der Waals surface area contributed by atoms with Crippen molar-refractivity contribution in [1.29, 1.82) is 0 Å². The molecule has 35 heavy (non-hydrogen) atoms. The van der Waals surface area contributed by atoms with E-state index in [4.69, 9.17) is 23.2 Å². The van der Waals surface area contributed by atoms with Crippen LogP contribution in [0.3, 0.4) is 0 Å². The first kappa shape index (κ1) is 23.1. The van der Waals surface area contributed by atoms with Gasteiger partial charge in [0.1, 0.15) is 17.2 Å². The molecule has 1 aliphatic heterocycles. The van der Waals surface area contributed by atoms with Gasteiger partial charge in [0.05, 0.1) is 0 Å². The number of pyridine rings is 3. The fourth-order valence-electron chi connectivity index (χ4n) is 4.17. The van der Waals surface area contributed by atoms with E-state index in [2.05, 4.69) is 30.1 Å². The summed E-state index contributed by atoms with van der Waals surface area (Å²) in [5.41, 5.74) is 0.993. The van der Waals surface area contributed by atoms with Gasteiger partial charge in [0, 0.05) is 60.5 Å². The standard InChI is InChI=1S/C25H22Cl2N6O2/c26-17-12-16(13-18(27)14-17)15-30-25(35)22-23(34)21-19(4-3-7-29-21)24(31-22)33-10-8-32(9-11-33)20-5-1-2-6-28-20/h1-7,12-14,34H,8-11,15H2,(H,30,35). The molecule has 0 spiro atoms. The molecule has 1 amide bonds. The van der Waals surface area contributed by atoms with Crippen molar-refractivity contribution in [2.45, 2.75) is 6.54 Å². The summed E-state index contributed by atoms with van der Waals surface area (Å²) in [5.74, 6) is 0.777. The molecular formula is C25H22Cl2N6O2. The second-order valence-corrected chi connectivity index (χ2v) is 9.03. The summed E-state index contributed by atoms with van der Waals surface area (Å²) in [5, 5.41) is 15.3. The van der Waals surface area contributed by atoms with Gasteiger partial charge >= 0.3 is 0 Å². The average molecular weight is 509 g/mol. The summed E-state index contributed by atoms with van der Waals surface area (Å²) in [4.78, 5) is 30.8. The average Bonchev–Trinajstić information content (AvgIpc) is 2.88. The molecule has 8 nitrogen and oxygen atoms in total. The number of fused-ring (bicyclic) bond motifs is 1. The molecule has 1 fully saturated rings. The Morgan fingerprint density at radius 2 is 1.66 bits per heavy atom. The SMILES string of the molecule is O=C(NCc1cc(Cl)cc(Cl)c1)c1nc(N2CCN(c3ccccn3)CC2)c2cccnc2c1O. The zero-order valence-corrected chi connectivity index (χ0v) is 20.2. The Labute approximate surface area is 212 Å². The summed E-state index contributed by atoms with van der Waals surface area (Å²) >= 11 is 12.1. The van der Waals surface area contributed by atoms with Crippen LogP contribution in [0.5, 0.6) is 5.75 Å². The predicted octanol–water partition coefficient (Wildman–Crippen LogP) is 4.29. The van der Waals surface area contributed by atoms with Crippen molar-refractivity contribution in [1.82, 2.24) is 20.3 Å². The minimum Gasteiger partial charge on any atom is -0.504 e. The van der Waals surface area contributed by atoms with E-state index < -0.39 is 5.91 Å². The van der Waals surface area contributed by atoms with Crippen molar-refractivity contribution in [3.8, 4) is 5.75 Å². The number of amides is 1. The van der Waals surface area contributed by atoms with E-state index in [1.807, 2.05) is 24.3 Å². The van der Waals surface area contributed by atoms with Crippen LogP contribution in [-0.4, -0.2) is 52.1 Å². The van der Waals surface area contributed by atoms with Gasteiger partial charge in [0.15, 0.2) is 11.4 Å². The number of nitrogens with zero attached hydrogens (tertiary/aromatic N) is 5. The molecule has 0 aliphatic carbocycles. The maximum Gasteiger partial charge on any atom is 0.274 e. The highest BCUT2D eigenvalue weighted by Gasteiger charge is 2.25. The summed E-state index contributed by atoms with van der Waals surface area (Å²) in [6.45, 7) is 3.04. The number of aromatic hydroxyl groups is 1. The second kappa shape index (κ2) is 9.93. The zero-order chi connectivity index (χ0) is 24.4. The second-order valence-electron chi connectivity index (χ2n) is 8.15. The van der Waals surface area contributed by atoms with Crippen LogP contribution in [0, 0.1) is 0 Å². The first-order chi connectivity index (χ1) is 17.0. The minimum atomic E-state index is -0.514. The number of aromatic nitrogens is 3. The molecule has 0 saturated carbocycles. The van der Waals surface area contributed by atoms with Gasteiger partial charge in [-0.3, -0.25) is 9.78 Å². The van der Waals surface area contributed by atoms with E-state index in [1.165, 1.54) is 0 Å². The van der Waals surface area contributed by atoms with Crippen molar-refractivity contribution >= 4 is 51.6 Å². The van der Waals surface area contributed by atoms with Crippen LogP contribution >= 0.6 is 23.2 Å². The molecular weight excluding hydrogens is 487 g/mol. The maximum atomic E-state index is 13.1. The molecule has 1 aliphatic rings. The number of piperazine rings is 1. The number of benzene rings is 1. The van der Waals surface area contributed by atoms with E-state index in [9.17, 15) is 9.90 Å². The zero-order valence-electron chi connectivity index (χ0n) is 18.7. The lowest BCUT2D eigenvalue weighted by Crippen LogP contribution is -2.47. The van der Waals surface area contributed by atoms with E-state index >= 15 is 0 Å². The quantitative estimate of drug-likeness (QED) is 0.415. The molecule has 0 atom stereocenters. The number of hydrogen-bond donors (Lipinski definition) is 2. The lowest BCUT2D eigenvalue weighted by atomic mass is 10.1.